The number of amides is 1. The van der Waals surface area contributed by atoms with E-state index in [0.29, 0.717) is 0 Å². The third kappa shape index (κ3) is 13.1. The highest BCUT2D eigenvalue weighted by Crippen LogP contribution is 2.18. The molecule has 0 aliphatic heterocycles. The Morgan fingerprint density at radius 1 is 0.950 bits per heavy atom. The Hall–Kier alpha value is -1.35. The molecule has 0 radical (unpaired) electrons. The summed E-state index contributed by atoms with van der Waals surface area (Å²) in [6.07, 6.45) is 0. The zero-order valence-corrected chi connectivity index (χ0v) is 15.1. The molecule has 1 aromatic heterocycles. The molecule has 2 aromatic rings. The summed E-state index contributed by atoms with van der Waals surface area (Å²) in [5.41, 5.74) is 0. The maximum absolute atomic E-state index is 9.70. The Morgan fingerprint density at radius 2 is 1.40 bits per heavy atom. The SMILES string of the molecule is CC.CC.CC.CNC(C)=O.c1ccc2sccc2c1. The molecule has 0 atom stereocenters. The van der Waals surface area contributed by atoms with Gasteiger partial charge in [-0.2, -0.15) is 0 Å². The van der Waals surface area contributed by atoms with Crippen LogP contribution in [0.25, 0.3) is 10.1 Å². The maximum Gasteiger partial charge on any atom is 0.216 e. The van der Waals surface area contributed by atoms with E-state index in [-0.39, 0.29) is 5.91 Å². The Bertz CT molecular complexity index is 380. The zero-order chi connectivity index (χ0) is 16.4. The van der Waals surface area contributed by atoms with Crippen LogP contribution >= 0.6 is 11.3 Å². The molecule has 0 spiro atoms. The van der Waals surface area contributed by atoms with E-state index >= 15 is 0 Å². The Balaban J connectivity index is -0.000000228. The van der Waals surface area contributed by atoms with Crippen molar-refractivity contribution in [1.29, 1.82) is 0 Å². The second kappa shape index (κ2) is 20.0. The quantitative estimate of drug-likeness (QED) is 0.660. The summed E-state index contributed by atoms with van der Waals surface area (Å²) < 4.78 is 1.37. The summed E-state index contributed by atoms with van der Waals surface area (Å²) in [4.78, 5) is 9.70. The van der Waals surface area contributed by atoms with Gasteiger partial charge in [-0.1, -0.05) is 59.7 Å². The first-order valence-electron chi connectivity index (χ1n) is 7.34. The van der Waals surface area contributed by atoms with Gasteiger partial charge in [-0.15, -0.1) is 11.3 Å². The fourth-order valence-electron chi connectivity index (χ4n) is 0.906. The van der Waals surface area contributed by atoms with Crippen LogP contribution in [0.5, 0.6) is 0 Å². The number of hydrogen-bond donors (Lipinski definition) is 1. The number of carbonyl (C=O) groups is 1. The number of rotatable bonds is 0. The highest BCUT2D eigenvalue weighted by Gasteiger charge is 1.87. The van der Waals surface area contributed by atoms with E-state index in [1.54, 1.807) is 18.4 Å². The van der Waals surface area contributed by atoms with Crippen molar-refractivity contribution in [2.75, 3.05) is 7.05 Å². The fraction of sp³-hybridized carbons (Fsp3) is 0.471. The molecule has 1 amide bonds. The van der Waals surface area contributed by atoms with Crippen molar-refractivity contribution in [3.63, 3.8) is 0 Å². The predicted octanol–water partition coefficient (Wildman–Crippen LogP) is 5.73. The van der Waals surface area contributed by atoms with Gasteiger partial charge in [0.25, 0.3) is 0 Å². The first-order valence-corrected chi connectivity index (χ1v) is 8.22. The van der Waals surface area contributed by atoms with Gasteiger partial charge in [0.15, 0.2) is 0 Å². The molecule has 0 aliphatic carbocycles. The van der Waals surface area contributed by atoms with E-state index in [9.17, 15) is 4.79 Å². The Kier molecular flexibility index (Phi) is 23.7. The van der Waals surface area contributed by atoms with E-state index in [2.05, 4.69) is 41.0 Å². The van der Waals surface area contributed by atoms with Gasteiger partial charge in [0.1, 0.15) is 0 Å². The molecule has 20 heavy (non-hydrogen) atoms. The molecular formula is C17H31NOS. The van der Waals surface area contributed by atoms with Gasteiger partial charge in [0, 0.05) is 18.7 Å². The van der Waals surface area contributed by atoms with Crippen LogP contribution < -0.4 is 5.32 Å². The summed E-state index contributed by atoms with van der Waals surface area (Å²) in [6.45, 7) is 13.5. The first kappa shape index (κ1) is 23.7. The van der Waals surface area contributed by atoms with Crippen molar-refractivity contribution in [2.45, 2.75) is 48.5 Å². The minimum atomic E-state index is 0.00463. The largest absolute Gasteiger partial charge is 0.359 e. The molecule has 1 aromatic carbocycles. The molecule has 3 heteroatoms. The molecule has 1 N–H and O–H groups in total. The second-order valence-electron chi connectivity index (χ2n) is 2.76. The number of benzene rings is 1. The standard InChI is InChI=1S/C8H6S.C3H7NO.3C2H6/c1-2-4-8-7(3-1)5-6-9-8;1-3(5)4-2;3*1-2/h1-6H;1-2H3,(H,4,5);3*1-2H3. The molecule has 0 saturated carbocycles. The lowest BCUT2D eigenvalue weighted by Gasteiger charge is -1.82. The van der Waals surface area contributed by atoms with Gasteiger partial charge in [-0.25, -0.2) is 0 Å². The topological polar surface area (TPSA) is 29.1 Å². The summed E-state index contributed by atoms with van der Waals surface area (Å²) in [6, 6.07) is 10.5. The molecule has 1 heterocycles. The number of hydrogen-bond acceptors (Lipinski definition) is 2. The molecule has 116 valence electrons. The lowest BCUT2D eigenvalue weighted by atomic mass is 10.3. The third-order valence-corrected chi connectivity index (χ3v) is 2.61. The minimum Gasteiger partial charge on any atom is -0.359 e. The molecule has 2 rings (SSSR count). The molecular weight excluding hydrogens is 266 g/mol. The van der Waals surface area contributed by atoms with Gasteiger partial charge < -0.3 is 5.32 Å². The van der Waals surface area contributed by atoms with Crippen LogP contribution in [0.3, 0.4) is 0 Å². The summed E-state index contributed by atoms with van der Waals surface area (Å²) in [7, 11) is 1.60. The van der Waals surface area contributed by atoms with Crippen molar-refractivity contribution in [2.24, 2.45) is 0 Å². The van der Waals surface area contributed by atoms with Crippen LogP contribution in [0.1, 0.15) is 48.5 Å². The molecule has 0 unspecified atom stereocenters. The Morgan fingerprint density at radius 3 is 1.80 bits per heavy atom. The van der Waals surface area contributed by atoms with E-state index in [4.69, 9.17) is 0 Å². The normalized spacial score (nSPS) is 7.20. The van der Waals surface area contributed by atoms with Crippen LogP contribution in [0.15, 0.2) is 35.7 Å². The van der Waals surface area contributed by atoms with Gasteiger partial charge in [-0.3, -0.25) is 4.79 Å². The first-order chi connectivity index (χ1) is 9.74. The smallest absolute Gasteiger partial charge is 0.216 e. The minimum absolute atomic E-state index is 0.00463. The summed E-state index contributed by atoms with van der Waals surface area (Å²) >= 11 is 1.79. The van der Waals surface area contributed by atoms with Crippen LogP contribution in [0.2, 0.25) is 0 Å². The van der Waals surface area contributed by atoms with E-state index < -0.39 is 0 Å². The molecule has 0 fully saturated rings. The number of thiophene rings is 1. The van der Waals surface area contributed by atoms with Crippen LogP contribution in [0, 0.1) is 0 Å². The van der Waals surface area contributed by atoms with Crippen molar-refractivity contribution >= 4 is 27.3 Å². The molecule has 0 bridgehead atoms. The lowest BCUT2D eigenvalue weighted by Crippen LogP contribution is -2.11. The number of nitrogens with one attached hydrogen (secondary N) is 1. The summed E-state index contributed by atoms with van der Waals surface area (Å²) in [5.74, 6) is 0.00463. The maximum atomic E-state index is 9.70. The van der Waals surface area contributed by atoms with Crippen molar-refractivity contribution < 1.29 is 4.79 Å². The van der Waals surface area contributed by atoms with Gasteiger partial charge in [-0.05, 0) is 22.9 Å². The second-order valence-corrected chi connectivity index (χ2v) is 3.71. The average Bonchev–Trinajstić information content (AvgIpc) is 3.02. The summed E-state index contributed by atoms with van der Waals surface area (Å²) in [5, 5.41) is 5.85. The molecule has 0 aliphatic rings. The average molecular weight is 298 g/mol. The monoisotopic (exact) mass is 297 g/mol. The van der Waals surface area contributed by atoms with Crippen molar-refractivity contribution in [3.05, 3.63) is 35.7 Å². The number of fused-ring (bicyclic) bond motifs is 1. The highest BCUT2D eigenvalue weighted by molar-refractivity contribution is 7.17. The lowest BCUT2D eigenvalue weighted by molar-refractivity contribution is -0.118. The van der Waals surface area contributed by atoms with Gasteiger partial charge >= 0.3 is 0 Å². The van der Waals surface area contributed by atoms with Gasteiger partial charge in [0.05, 0.1) is 0 Å². The van der Waals surface area contributed by atoms with Crippen molar-refractivity contribution in [1.82, 2.24) is 5.32 Å². The number of carbonyl (C=O) groups excluding carboxylic acids is 1. The highest BCUT2D eigenvalue weighted by atomic mass is 32.1. The Labute approximate surface area is 129 Å². The zero-order valence-electron chi connectivity index (χ0n) is 14.3. The van der Waals surface area contributed by atoms with E-state index in [0.717, 1.165) is 0 Å². The van der Waals surface area contributed by atoms with E-state index in [1.807, 2.05) is 41.5 Å². The molecule has 2 nitrogen and oxygen atoms in total. The third-order valence-electron chi connectivity index (χ3n) is 1.71. The fourth-order valence-corrected chi connectivity index (χ4v) is 1.70. The molecule has 0 saturated heterocycles. The van der Waals surface area contributed by atoms with Crippen LogP contribution in [0.4, 0.5) is 0 Å². The van der Waals surface area contributed by atoms with E-state index in [1.165, 1.54) is 17.0 Å². The van der Waals surface area contributed by atoms with Crippen molar-refractivity contribution in [3.8, 4) is 0 Å². The van der Waals surface area contributed by atoms with Gasteiger partial charge in [0.2, 0.25) is 5.91 Å². The van der Waals surface area contributed by atoms with Crippen LogP contribution in [-0.2, 0) is 4.79 Å². The predicted molar refractivity (Wildman–Crippen MR) is 95.6 cm³/mol. The van der Waals surface area contributed by atoms with Crippen LogP contribution in [-0.4, -0.2) is 13.0 Å².